The number of amides is 1. The Morgan fingerprint density at radius 2 is 1.93 bits per heavy atom. The van der Waals surface area contributed by atoms with Crippen LogP contribution in [0.3, 0.4) is 0 Å². The van der Waals surface area contributed by atoms with E-state index in [-0.39, 0.29) is 11.4 Å². The summed E-state index contributed by atoms with van der Waals surface area (Å²) in [6, 6.07) is 15.8. The number of aromatic amines is 1. The minimum atomic E-state index is -0.417. The van der Waals surface area contributed by atoms with Crippen molar-refractivity contribution in [2.45, 2.75) is 6.92 Å². The van der Waals surface area contributed by atoms with E-state index in [1.54, 1.807) is 30.3 Å². The van der Waals surface area contributed by atoms with E-state index < -0.39 is 5.91 Å². The summed E-state index contributed by atoms with van der Waals surface area (Å²) in [5.74, 6) is 0.351. The number of hydrogen-bond donors (Lipinski definition) is 4. The van der Waals surface area contributed by atoms with Crippen LogP contribution in [-0.2, 0) is 0 Å². The minimum absolute atomic E-state index is 0.0700. The first kappa shape index (κ1) is 18.1. The van der Waals surface area contributed by atoms with Crippen molar-refractivity contribution in [3.05, 3.63) is 72.4 Å². The zero-order chi connectivity index (χ0) is 19.2. The number of aromatic nitrogens is 2. The van der Waals surface area contributed by atoms with E-state index in [4.69, 9.17) is 4.74 Å². The molecule has 1 heterocycles. The van der Waals surface area contributed by atoms with Crippen LogP contribution >= 0.6 is 0 Å². The monoisotopic (exact) mass is 364 g/mol. The first-order valence-electron chi connectivity index (χ1n) is 8.41. The van der Waals surface area contributed by atoms with E-state index >= 15 is 0 Å². The lowest BCUT2D eigenvalue weighted by molar-refractivity contribution is 0.0937. The number of benzene rings is 2. The van der Waals surface area contributed by atoms with Gasteiger partial charge in [0.05, 0.1) is 18.0 Å². The molecule has 3 rings (SSSR count). The van der Waals surface area contributed by atoms with Gasteiger partial charge in [0, 0.05) is 11.1 Å². The number of hydrazine groups is 1. The Kier molecular flexibility index (Phi) is 5.41. The molecule has 3 aromatic rings. The fraction of sp³-hybridized carbons (Fsp3) is 0.100. The molecule has 0 bridgehead atoms. The third-order valence-corrected chi connectivity index (χ3v) is 3.84. The van der Waals surface area contributed by atoms with Gasteiger partial charge in [-0.2, -0.15) is 5.10 Å². The molecule has 7 heteroatoms. The molecular formula is C20H20N4O3. The van der Waals surface area contributed by atoms with Gasteiger partial charge in [0.2, 0.25) is 0 Å². The van der Waals surface area contributed by atoms with E-state index in [2.05, 4.69) is 27.6 Å². The van der Waals surface area contributed by atoms with E-state index in [0.29, 0.717) is 29.3 Å². The van der Waals surface area contributed by atoms with Gasteiger partial charge in [0.1, 0.15) is 17.2 Å². The average molecular weight is 364 g/mol. The zero-order valence-corrected chi connectivity index (χ0v) is 14.8. The molecule has 7 nitrogen and oxygen atoms in total. The zero-order valence-electron chi connectivity index (χ0n) is 14.8. The maximum atomic E-state index is 12.3. The molecule has 0 aliphatic heterocycles. The van der Waals surface area contributed by atoms with Crippen molar-refractivity contribution in [1.82, 2.24) is 21.0 Å². The number of aromatic hydroxyl groups is 1. The van der Waals surface area contributed by atoms with Crippen molar-refractivity contribution in [2.75, 3.05) is 6.61 Å². The van der Waals surface area contributed by atoms with Crippen LogP contribution in [0.25, 0.3) is 17.0 Å². The number of phenols is 1. The average Bonchev–Trinajstić information content (AvgIpc) is 3.17. The molecule has 0 spiro atoms. The van der Waals surface area contributed by atoms with Gasteiger partial charge in [0.25, 0.3) is 5.91 Å². The van der Waals surface area contributed by atoms with Crippen molar-refractivity contribution >= 4 is 11.6 Å². The summed E-state index contributed by atoms with van der Waals surface area (Å²) in [6.45, 7) is 6.25. The second-order valence-corrected chi connectivity index (χ2v) is 5.67. The maximum absolute atomic E-state index is 12.3. The Labute approximate surface area is 156 Å². The molecule has 1 amide bonds. The van der Waals surface area contributed by atoms with Crippen LogP contribution in [0.4, 0.5) is 0 Å². The van der Waals surface area contributed by atoms with Crippen molar-refractivity contribution in [3.8, 4) is 22.8 Å². The summed E-state index contributed by atoms with van der Waals surface area (Å²) in [7, 11) is 0. The lowest BCUT2D eigenvalue weighted by Crippen LogP contribution is -2.36. The summed E-state index contributed by atoms with van der Waals surface area (Å²) in [4.78, 5) is 12.3. The molecule has 0 saturated carbocycles. The molecule has 0 atom stereocenters. The normalized spacial score (nSPS) is 10.3. The highest BCUT2D eigenvalue weighted by molar-refractivity contribution is 5.93. The van der Waals surface area contributed by atoms with Crippen molar-refractivity contribution in [2.24, 2.45) is 0 Å². The second-order valence-electron chi connectivity index (χ2n) is 5.67. The standard InChI is InChI=1S/C20H20N4O3/c1-3-27-19-11-7-5-9-15(19)16-12-17(23-22-16)20(26)24-21-13(2)14-8-4-6-10-18(14)25/h4-12,21,25H,2-3H2,1H3,(H,22,23)(H,24,26). The number of carbonyl (C=O) groups excluding carboxylic acids is 1. The van der Waals surface area contributed by atoms with Gasteiger partial charge in [0.15, 0.2) is 0 Å². The molecule has 138 valence electrons. The van der Waals surface area contributed by atoms with Crippen LogP contribution in [0.15, 0.2) is 61.2 Å². The largest absolute Gasteiger partial charge is 0.507 e. The summed E-state index contributed by atoms with van der Waals surface area (Å²) >= 11 is 0. The van der Waals surface area contributed by atoms with E-state index in [0.717, 1.165) is 5.56 Å². The van der Waals surface area contributed by atoms with E-state index in [1.807, 2.05) is 31.2 Å². The molecule has 0 unspecified atom stereocenters. The number of phenolic OH excluding ortho intramolecular Hbond substituents is 1. The predicted octanol–water partition coefficient (Wildman–Crippen LogP) is 3.09. The van der Waals surface area contributed by atoms with Gasteiger partial charge < -0.3 is 9.84 Å². The lowest BCUT2D eigenvalue weighted by Gasteiger charge is -2.11. The smallest absolute Gasteiger partial charge is 0.287 e. The molecule has 0 radical (unpaired) electrons. The Morgan fingerprint density at radius 1 is 1.19 bits per heavy atom. The Hall–Kier alpha value is -3.74. The maximum Gasteiger partial charge on any atom is 0.287 e. The fourth-order valence-electron chi connectivity index (χ4n) is 2.53. The van der Waals surface area contributed by atoms with Gasteiger partial charge in [-0.05, 0) is 37.3 Å². The van der Waals surface area contributed by atoms with E-state index in [1.165, 1.54) is 0 Å². The number of carbonyl (C=O) groups is 1. The summed E-state index contributed by atoms with van der Waals surface area (Å²) in [5.41, 5.74) is 7.74. The number of para-hydroxylation sites is 2. The molecule has 0 fully saturated rings. The third-order valence-electron chi connectivity index (χ3n) is 3.84. The van der Waals surface area contributed by atoms with E-state index in [9.17, 15) is 9.90 Å². The Bertz CT molecular complexity index is 965. The molecule has 27 heavy (non-hydrogen) atoms. The highest BCUT2D eigenvalue weighted by Crippen LogP contribution is 2.28. The lowest BCUT2D eigenvalue weighted by atomic mass is 10.1. The third kappa shape index (κ3) is 4.09. The van der Waals surface area contributed by atoms with Gasteiger partial charge in [-0.25, -0.2) is 0 Å². The van der Waals surface area contributed by atoms with Crippen molar-refractivity contribution in [1.29, 1.82) is 0 Å². The predicted molar refractivity (Wildman–Crippen MR) is 103 cm³/mol. The molecular weight excluding hydrogens is 344 g/mol. The summed E-state index contributed by atoms with van der Waals surface area (Å²) in [6.07, 6.45) is 0. The van der Waals surface area contributed by atoms with Crippen LogP contribution in [0, 0.1) is 0 Å². The highest BCUT2D eigenvalue weighted by Gasteiger charge is 2.14. The number of rotatable bonds is 7. The number of nitrogens with one attached hydrogen (secondary N) is 3. The first-order valence-corrected chi connectivity index (χ1v) is 8.41. The minimum Gasteiger partial charge on any atom is -0.507 e. The number of H-pyrrole nitrogens is 1. The second kappa shape index (κ2) is 8.09. The van der Waals surface area contributed by atoms with Crippen LogP contribution in [0.2, 0.25) is 0 Å². The summed E-state index contributed by atoms with van der Waals surface area (Å²) in [5, 5.41) is 16.7. The van der Waals surface area contributed by atoms with Crippen molar-refractivity contribution < 1.29 is 14.6 Å². The number of ether oxygens (including phenoxy) is 1. The quantitative estimate of drug-likeness (QED) is 0.483. The van der Waals surface area contributed by atoms with Crippen LogP contribution in [0.5, 0.6) is 11.5 Å². The molecule has 1 aromatic heterocycles. The topological polar surface area (TPSA) is 99.3 Å². The number of hydrogen-bond acceptors (Lipinski definition) is 5. The first-order chi connectivity index (χ1) is 13.1. The number of nitrogens with zero attached hydrogens (tertiary/aromatic N) is 1. The molecule has 0 aliphatic carbocycles. The molecule has 2 aromatic carbocycles. The Balaban J connectivity index is 1.69. The van der Waals surface area contributed by atoms with Crippen LogP contribution in [-0.4, -0.2) is 27.8 Å². The van der Waals surface area contributed by atoms with Crippen LogP contribution < -0.4 is 15.6 Å². The van der Waals surface area contributed by atoms with Crippen LogP contribution in [0.1, 0.15) is 23.0 Å². The van der Waals surface area contributed by atoms with Gasteiger partial charge in [-0.3, -0.25) is 20.7 Å². The Morgan fingerprint density at radius 3 is 2.70 bits per heavy atom. The molecule has 4 N–H and O–H groups in total. The van der Waals surface area contributed by atoms with Gasteiger partial charge in [-0.1, -0.05) is 30.8 Å². The van der Waals surface area contributed by atoms with Crippen molar-refractivity contribution in [3.63, 3.8) is 0 Å². The van der Waals surface area contributed by atoms with Gasteiger partial charge in [-0.15, -0.1) is 0 Å². The summed E-state index contributed by atoms with van der Waals surface area (Å²) < 4.78 is 5.60. The SMILES string of the molecule is C=C(NNC(=O)c1cc(-c2ccccc2OCC)n[nH]1)c1ccccc1O. The van der Waals surface area contributed by atoms with Gasteiger partial charge >= 0.3 is 0 Å². The fourth-order valence-corrected chi connectivity index (χ4v) is 2.53. The highest BCUT2D eigenvalue weighted by atomic mass is 16.5. The molecule has 0 saturated heterocycles. The molecule has 0 aliphatic rings.